The highest BCUT2D eigenvalue weighted by Gasteiger charge is 2.13. The number of hydrogen-bond donors (Lipinski definition) is 0. The summed E-state index contributed by atoms with van der Waals surface area (Å²) in [6, 6.07) is 17.8. The lowest BCUT2D eigenvalue weighted by atomic mass is 10.0. The van der Waals surface area contributed by atoms with E-state index in [4.69, 9.17) is 9.62 Å². The molecule has 0 spiro atoms. The lowest BCUT2D eigenvalue weighted by Gasteiger charge is -2.07. The monoisotopic (exact) mass is 334 g/mol. The van der Waals surface area contributed by atoms with Crippen molar-refractivity contribution >= 4 is 0 Å². The van der Waals surface area contributed by atoms with Crippen LogP contribution in [0, 0.1) is 11.3 Å². The van der Waals surface area contributed by atoms with Crippen LogP contribution in [0.5, 0.6) is 5.75 Å². The average Bonchev–Trinajstić information content (AvgIpc) is 3.11. The van der Waals surface area contributed by atoms with E-state index in [1.807, 2.05) is 65.5 Å². The Morgan fingerprint density at radius 2 is 1.72 bits per heavy atom. The number of hydrogen-bond acceptors (Lipinski definition) is 4. The van der Waals surface area contributed by atoms with Crippen LogP contribution in [0.4, 0.5) is 0 Å². The molecular weight excluding hydrogens is 316 g/mol. The number of nitrogens with zero attached hydrogens (tertiary/aromatic N) is 2. The number of aromatic nitrogens is 1. The predicted octanol–water partition coefficient (Wildman–Crippen LogP) is 4.10. The molecule has 5 nitrogen and oxygen atoms in total. The Balaban J connectivity index is 1.97. The molecule has 1 aromatic heterocycles. The summed E-state index contributed by atoms with van der Waals surface area (Å²) in [4.78, 5) is 9.54. The van der Waals surface area contributed by atoms with E-state index in [0.29, 0.717) is 12.2 Å². The fourth-order valence-electron chi connectivity index (χ4n) is 2.67. The first-order valence-corrected chi connectivity index (χ1v) is 7.77. The molecule has 0 aliphatic carbocycles. The molecule has 3 rings (SSSR count). The molecule has 0 atom stereocenters. The molecule has 1 heterocycles. The highest BCUT2D eigenvalue weighted by molar-refractivity contribution is 5.76. The highest BCUT2D eigenvalue weighted by Crippen LogP contribution is 2.33. The van der Waals surface area contributed by atoms with Crippen LogP contribution < -0.4 is 4.74 Å². The van der Waals surface area contributed by atoms with Gasteiger partial charge in [-0.1, -0.05) is 30.3 Å². The van der Waals surface area contributed by atoms with Gasteiger partial charge in [-0.3, -0.25) is 0 Å². The summed E-state index contributed by atoms with van der Waals surface area (Å²) in [5.74, 6) is 0.740. The molecule has 25 heavy (non-hydrogen) atoms. The van der Waals surface area contributed by atoms with E-state index in [1.54, 1.807) is 7.11 Å². The Bertz CT molecular complexity index is 892. The van der Waals surface area contributed by atoms with Crippen LogP contribution in [-0.2, 0) is 16.4 Å². The van der Waals surface area contributed by atoms with Gasteiger partial charge in [-0.2, -0.15) is 5.26 Å². The Hall–Kier alpha value is -3.07. The van der Waals surface area contributed by atoms with Crippen LogP contribution in [0.3, 0.4) is 0 Å². The minimum atomic E-state index is 0.387. The molecule has 0 amide bonds. The van der Waals surface area contributed by atoms with Crippen molar-refractivity contribution in [2.75, 3.05) is 14.2 Å². The largest absolute Gasteiger partial charge is 0.496 e. The maximum atomic E-state index is 9.51. The quantitative estimate of drug-likeness (QED) is 0.503. The molecule has 0 aliphatic rings. The number of methoxy groups -OCH3 is 1. The second kappa shape index (κ2) is 7.67. The van der Waals surface area contributed by atoms with E-state index in [1.165, 1.54) is 7.11 Å². The van der Waals surface area contributed by atoms with Crippen molar-refractivity contribution in [3.05, 3.63) is 72.1 Å². The minimum Gasteiger partial charge on any atom is -0.496 e. The lowest BCUT2D eigenvalue weighted by molar-refractivity contribution is -0.282. The van der Waals surface area contributed by atoms with Gasteiger partial charge in [0, 0.05) is 29.2 Å². The molecule has 0 aliphatic heterocycles. The van der Waals surface area contributed by atoms with Crippen LogP contribution in [0.25, 0.3) is 16.8 Å². The molecule has 2 aromatic carbocycles. The second-order valence-corrected chi connectivity index (χ2v) is 5.40. The van der Waals surface area contributed by atoms with Crippen LogP contribution >= 0.6 is 0 Å². The highest BCUT2D eigenvalue weighted by atomic mass is 17.2. The van der Waals surface area contributed by atoms with E-state index in [2.05, 4.69) is 11.0 Å². The zero-order valence-corrected chi connectivity index (χ0v) is 14.1. The number of rotatable bonds is 6. The van der Waals surface area contributed by atoms with E-state index in [0.717, 1.165) is 28.1 Å². The van der Waals surface area contributed by atoms with Crippen LogP contribution in [0.15, 0.2) is 60.9 Å². The van der Waals surface area contributed by atoms with E-state index in [9.17, 15) is 5.26 Å². The van der Waals surface area contributed by atoms with Crippen LogP contribution in [-0.4, -0.2) is 18.8 Å². The first-order chi connectivity index (χ1) is 12.3. The number of benzene rings is 2. The summed E-state index contributed by atoms with van der Waals surface area (Å²) in [7, 11) is 3.11. The van der Waals surface area contributed by atoms with Crippen molar-refractivity contribution in [3.8, 4) is 28.6 Å². The van der Waals surface area contributed by atoms with Crippen molar-refractivity contribution in [3.63, 3.8) is 0 Å². The van der Waals surface area contributed by atoms with Gasteiger partial charge in [0.05, 0.1) is 19.8 Å². The van der Waals surface area contributed by atoms with Gasteiger partial charge in [-0.15, -0.1) is 0 Å². The number of ether oxygens (including phenoxy) is 1. The summed E-state index contributed by atoms with van der Waals surface area (Å²) in [5.41, 5.74) is 4.29. The third-order valence-electron chi connectivity index (χ3n) is 3.92. The normalized spacial score (nSPS) is 10.4. The van der Waals surface area contributed by atoms with Crippen molar-refractivity contribution in [2.24, 2.45) is 0 Å². The molecule has 126 valence electrons. The summed E-state index contributed by atoms with van der Waals surface area (Å²) in [6.45, 7) is 0.387. The molecule has 0 bridgehead atoms. The Morgan fingerprint density at radius 3 is 2.40 bits per heavy atom. The zero-order valence-electron chi connectivity index (χ0n) is 14.1. The molecule has 0 N–H and O–H groups in total. The van der Waals surface area contributed by atoms with Gasteiger partial charge in [0.15, 0.2) is 0 Å². The van der Waals surface area contributed by atoms with E-state index in [-0.39, 0.29) is 0 Å². The lowest BCUT2D eigenvalue weighted by Crippen LogP contribution is -1.93. The van der Waals surface area contributed by atoms with Gasteiger partial charge in [-0.25, -0.2) is 9.78 Å². The second-order valence-electron chi connectivity index (χ2n) is 5.40. The molecule has 0 saturated carbocycles. The maximum absolute atomic E-state index is 9.51. The van der Waals surface area contributed by atoms with Gasteiger partial charge < -0.3 is 9.30 Å². The van der Waals surface area contributed by atoms with Crippen molar-refractivity contribution in [1.29, 1.82) is 5.26 Å². The molecule has 0 radical (unpaired) electrons. The smallest absolute Gasteiger partial charge is 0.126 e. The topological polar surface area (TPSA) is 56.4 Å². The standard InChI is InChI=1S/C20H18N2O3/c1-23-20-6-4-3-5-18(20)19-13-22(12-16(19)11-21)17-9-7-15(8-10-17)14-25-24-2/h3-10,12-13H,14H2,1-2H3. The van der Waals surface area contributed by atoms with Gasteiger partial charge in [0.25, 0.3) is 0 Å². The molecular formula is C20H18N2O3. The first kappa shape index (κ1) is 16.8. The van der Waals surface area contributed by atoms with Gasteiger partial charge in [-0.05, 0) is 23.8 Å². The third kappa shape index (κ3) is 3.56. The minimum absolute atomic E-state index is 0.387. The number of para-hydroxylation sites is 1. The summed E-state index contributed by atoms with van der Waals surface area (Å²) in [6.07, 6.45) is 3.76. The molecule has 0 saturated heterocycles. The first-order valence-electron chi connectivity index (χ1n) is 7.77. The van der Waals surface area contributed by atoms with Crippen LogP contribution in [0.1, 0.15) is 11.1 Å². The molecule has 5 heteroatoms. The average molecular weight is 334 g/mol. The molecule has 0 unspecified atom stereocenters. The maximum Gasteiger partial charge on any atom is 0.126 e. The predicted molar refractivity (Wildman–Crippen MR) is 94.3 cm³/mol. The van der Waals surface area contributed by atoms with Gasteiger partial charge in [0.1, 0.15) is 18.4 Å². The molecule has 3 aromatic rings. The number of nitriles is 1. The fourth-order valence-corrected chi connectivity index (χ4v) is 2.67. The third-order valence-corrected chi connectivity index (χ3v) is 3.92. The Morgan fingerprint density at radius 1 is 0.960 bits per heavy atom. The SMILES string of the molecule is COOCc1ccc(-n2cc(C#N)c(-c3ccccc3OC)c2)cc1. The van der Waals surface area contributed by atoms with Gasteiger partial charge >= 0.3 is 0 Å². The zero-order chi connectivity index (χ0) is 17.6. The molecule has 0 fully saturated rings. The van der Waals surface area contributed by atoms with Gasteiger partial charge in [0.2, 0.25) is 0 Å². The van der Waals surface area contributed by atoms with Crippen molar-refractivity contribution in [2.45, 2.75) is 6.61 Å². The summed E-state index contributed by atoms with van der Waals surface area (Å²) in [5, 5.41) is 9.51. The van der Waals surface area contributed by atoms with Crippen molar-refractivity contribution in [1.82, 2.24) is 4.57 Å². The Labute approximate surface area is 146 Å². The van der Waals surface area contributed by atoms with Crippen molar-refractivity contribution < 1.29 is 14.5 Å². The fraction of sp³-hybridized carbons (Fsp3) is 0.150. The van der Waals surface area contributed by atoms with E-state index >= 15 is 0 Å². The van der Waals surface area contributed by atoms with Crippen LogP contribution in [0.2, 0.25) is 0 Å². The summed E-state index contributed by atoms with van der Waals surface area (Å²) >= 11 is 0. The Kier molecular flexibility index (Phi) is 5.14. The summed E-state index contributed by atoms with van der Waals surface area (Å²) < 4.78 is 7.35. The van der Waals surface area contributed by atoms with E-state index < -0.39 is 0 Å².